The average Bonchev–Trinajstić information content (AvgIpc) is 3.23. The Morgan fingerprint density at radius 1 is 0.969 bits per heavy atom. The molecular weight excluding hydrogens is 528 g/mol. The van der Waals surface area contributed by atoms with Crippen LogP contribution >= 0.6 is 58.0 Å². The van der Waals surface area contributed by atoms with E-state index in [0.29, 0.717) is 15.6 Å². The van der Waals surface area contributed by atoms with Crippen molar-refractivity contribution in [3.8, 4) is 0 Å². The van der Waals surface area contributed by atoms with Crippen LogP contribution in [0.15, 0.2) is 36.4 Å². The van der Waals surface area contributed by atoms with Crippen LogP contribution in [-0.2, 0) is 4.79 Å². The van der Waals surface area contributed by atoms with Crippen molar-refractivity contribution in [1.82, 2.24) is 5.32 Å². The fourth-order valence-electron chi connectivity index (χ4n) is 3.85. The van der Waals surface area contributed by atoms with Crippen LogP contribution in [0.2, 0.25) is 15.1 Å². The number of benzene rings is 2. The Kier molecular flexibility index (Phi) is 6.31. The zero-order valence-electron chi connectivity index (χ0n) is 16.1. The molecule has 0 bridgehead atoms. The first-order valence-corrected chi connectivity index (χ1v) is 11.4. The quantitative estimate of drug-likeness (QED) is 0.413. The van der Waals surface area contributed by atoms with E-state index in [1.807, 2.05) is 0 Å². The van der Waals surface area contributed by atoms with E-state index in [0.717, 1.165) is 0 Å². The summed E-state index contributed by atoms with van der Waals surface area (Å²) >= 11 is 30.9. The molecule has 2 aromatic rings. The van der Waals surface area contributed by atoms with E-state index in [1.165, 1.54) is 18.2 Å². The van der Waals surface area contributed by atoms with Gasteiger partial charge in [0.15, 0.2) is 0 Å². The maximum absolute atomic E-state index is 13.0. The van der Waals surface area contributed by atoms with E-state index in [-0.39, 0.29) is 16.3 Å². The molecule has 2 amide bonds. The Morgan fingerprint density at radius 3 is 2.19 bits per heavy atom. The molecule has 2 aliphatic carbocycles. The molecule has 2 saturated carbocycles. The van der Waals surface area contributed by atoms with Crippen molar-refractivity contribution in [2.45, 2.75) is 35.1 Å². The number of rotatable bonds is 5. The molecular formula is C21H15Cl5F2N2O2. The lowest BCUT2D eigenvalue weighted by Crippen LogP contribution is -2.50. The lowest BCUT2D eigenvalue weighted by molar-refractivity contribution is -0.117. The number of alkyl halides is 4. The highest BCUT2D eigenvalue weighted by molar-refractivity contribution is 6.53. The van der Waals surface area contributed by atoms with E-state index in [1.54, 1.807) is 18.2 Å². The van der Waals surface area contributed by atoms with Gasteiger partial charge in [0.2, 0.25) is 5.91 Å². The maximum atomic E-state index is 13.0. The fourth-order valence-corrected chi connectivity index (χ4v) is 5.42. The van der Waals surface area contributed by atoms with Crippen molar-refractivity contribution in [3.05, 3.63) is 62.6 Å². The Hall–Kier alpha value is -1.31. The zero-order chi connectivity index (χ0) is 23.4. The third-order valence-electron chi connectivity index (χ3n) is 5.48. The third kappa shape index (κ3) is 4.80. The summed E-state index contributed by atoms with van der Waals surface area (Å²) in [6.45, 7) is 0. The Morgan fingerprint density at radius 2 is 1.59 bits per heavy atom. The first kappa shape index (κ1) is 23.8. The molecule has 2 aromatic carbocycles. The summed E-state index contributed by atoms with van der Waals surface area (Å²) in [7, 11) is 0. The zero-order valence-corrected chi connectivity index (χ0v) is 19.9. The molecule has 0 spiro atoms. The molecule has 2 N–H and O–H groups in total. The van der Waals surface area contributed by atoms with E-state index in [2.05, 4.69) is 10.6 Å². The van der Waals surface area contributed by atoms with Crippen LogP contribution in [0.4, 0.5) is 14.5 Å². The van der Waals surface area contributed by atoms with Gasteiger partial charge in [0.05, 0.1) is 16.5 Å². The number of hydrogen-bond donors (Lipinski definition) is 2. The Bertz CT molecular complexity index is 1080. The molecule has 2 fully saturated rings. The van der Waals surface area contributed by atoms with Gasteiger partial charge in [-0.3, -0.25) is 9.59 Å². The summed E-state index contributed by atoms with van der Waals surface area (Å²) in [6, 6.07) is 8.50. The first-order valence-electron chi connectivity index (χ1n) is 9.50. The normalized spacial score (nSPS) is 23.2. The second-order valence-electron chi connectivity index (χ2n) is 7.95. The van der Waals surface area contributed by atoms with Crippen LogP contribution < -0.4 is 10.6 Å². The van der Waals surface area contributed by atoms with E-state index < -0.39 is 52.8 Å². The molecule has 0 aliphatic heterocycles. The highest BCUT2D eigenvalue weighted by Crippen LogP contribution is 2.65. The van der Waals surface area contributed by atoms with Crippen LogP contribution in [0.25, 0.3) is 0 Å². The number of hydrogen-bond acceptors (Lipinski definition) is 2. The molecule has 4 nitrogen and oxygen atoms in total. The number of amides is 2. The SMILES string of the molecule is O=C(NC1CC(F)(F)C1)c1cc(NC(=O)[C@H]2[C@H](c3cc(Cl)cc(Cl)c3)C2(Cl)Cl)ccc1Cl. The van der Waals surface area contributed by atoms with Crippen LogP contribution in [0.1, 0.15) is 34.7 Å². The van der Waals surface area contributed by atoms with Gasteiger partial charge in [0.1, 0.15) is 4.33 Å². The van der Waals surface area contributed by atoms with Gasteiger partial charge in [0.25, 0.3) is 11.8 Å². The lowest BCUT2D eigenvalue weighted by atomic mass is 9.88. The third-order valence-corrected chi connectivity index (χ3v) is 7.19. The average molecular weight is 543 g/mol. The van der Waals surface area contributed by atoms with E-state index in [9.17, 15) is 18.4 Å². The minimum absolute atomic E-state index is 0.0525. The van der Waals surface area contributed by atoms with Crippen LogP contribution in [0.3, 0.4) is 0 Å². The number of carbonyl (C=O) groups excluding carboxylic acids is 2. The molecule has 0 aromatic heterocycles. The molecule has 0 radical (unpaired) electrons. The highest BCUT2D eigenvalue weighted by atomic mass is 35.5. The fraction of sp³-hybridized carbons (Fsp3) is 0.333. The van der Waals surface area contributed by atoms with Gasteiger partial charge in [-0.15, -0.1) is 23.2 Å². The minimum atomic E-state index is -2.76. The first-order chi connectivity index (χ1) is 14.9. The molecule has 4 rings (SSSR count). The summed E-state index contributed by atoms with van der Waals surface area (Å²) in [5, 5.41) is 6.08. The smallest absolute Gasteiger partial charge is 0.253 e. The maximum Gasteiger partial charge on any atom is 0.253 e. The van der Waals surface area contributed by atoms with E-state index in [4.69, 9.17) is 58.0 Å². The number of carbonyl (C=O) groups is 2. The minimum Gasteiger partial charge on any atom is -0.349 e. The Labute approximate surface area is 207 Å². The van der Waals surface area contributed by atoms with Gasteiger partial charge in [-0.05, 0) is 42.0 Å². The predicted molar refractivity (Wildman–Crippen MR) is 123 cm³/mol. The van der Waals surface area contributed by atoms with Crippen molar-refractivity contribution >= 4 is 75.5 Å². The number of halogens is 7. The van der Waals surface area contributed by atoms with Gasteiger partial charge in [-0.1, -0.05) is 34.8 Å². The van der Waals surface area contributed by atoms with E-state index >= 15 is 0 Å². The Balaban J connectivity index is 1.46. The van der Waals surface area contributed by atoms with Crippen molar-refractivity contribution in [1.29, 1.82) is 0 Å². The van der Waals surface area contributed by atoms with Crippen molar-refractivity contribution in [2.75, 3.05) is 5.32 Å². The molecule has 0 heterocycles. The van der Waals surface area contributed by atoms with Gasteiger partial charge in [-0.2, -0.15) is 0 Å². The molecule has 11 heteroatoms. The molecule has 0 saturated heterocycles. The van der Waals surface area contributed by atoms with Crippen molar-refractivity contribution in [3.63, 3.8) is 0 Å². The van der Waals surface area contributed by atoms with Gasteiger partial charge in [-0.25, -0.2) is 8.78 Å². The van der Waals surface area contributed by atoms with Crippen LogP contribution in [-0.4, -0.2) is 28.1 Å². The standard InChI is InChI=1S/C21H15Cl5F2N2O2/c22-10-3-9(4-11(23)5-10)16-17(21(16,25)26)19(32)29-12-1-2-15(24)14(6-12)18(31)30-13-7-20(27,28)8-13/h1-6,13,16-17H,7-8H2,(H,29,32)(H,30,31)/t16-,17+/m0/s1. The van der Waals surface area contributed by atoms with Gasteiger partial charge >= 0.3 is 0 Å². The van der Waals surface area contributed by atoms with Crippen LogP contribution in [0, 0.1) is 5.92 Å². The van der Waals surface area contributed by atoms with Crippen molar-refractivity contribution < 1.29 is 18.4 Å². The second-order valence-corrected chi connectivity index (χ2v) is 10.7. The summed E-state index contributed by atoms with van der Waals surface area (Å²) in [4.78, 5) is 25.3. The summed E-state index contributed by atoms with van der Waals surface area (Å²) in [5.74, 6) is -5.15. The predicted octanol–water partition coefficient (Wildman–Crippen LogP) is 6.70. The molecule has 2 aliphatic rings. The molecule has 0 unspecified atom stereocenters. The lowest BCUT2D eigenvalue weighted by Gasteiger charge is -2.35. The monoisotopic (exact) mass is 540 g/mol. The molecule has 170 valence electrons. The second kappa shape index (κ2) is 8.48. The summed E-state index contributed by atoms with van der Waals surface area (Å²) in [6.07, 6.45) is -0.839. The van der Waals surface area contributed by atoms with Crippen LogP contribution in [0.5, 0.6) is 0 Å². The van der Waals surface area contributed by atoms with Gasteiger partial charge in [0, 0.05) is 40.5 Å². The van der Waals surface area contributed by atoms with Gasteiger partial charge < -0.3 is 10.6 Å². The largest absolute Gasteiger partial charge is 0.349 e. The number of nitrogens with one attached hydrogen (secondary N) is 2. The molecule has 32 heavy (non-hydrogen) atoms. The topological polar surface area (TPSA) is 58.2 Å². The van der Waals surface area contributed by atoms with Crippen molar-refractivity contribution in [2.24, 2.45) is 5.92 Å². The highest BCUT2D eigenvalue weighted by Gasteiger charge is 2.67. The number of anilines is 1. The summed E-state index contributed by atoms with van der Waals surface area (Å²) < 4.78 is 24.7. The summed E-state index contributed by atoms with van der Waals surface area (Å²) in [5.41, 5.74) is 0.959. The molecule has 2 atom stereocenters.